The van der Waals surface area contributed by atoms with E-state index in [0.717, 1.165) is 11.3 Å². The molecule has 1 aromatic heterocycles. The quantitative estimate of drug-likeness (QED) is 0.200. The Morgan fingerprint density at radius 2 is 1.84 bits per heavy atom. The monoisotopic (exact) mass is 523 g/mol. The van der Waals surface area contributed by atoms with Crippen molar-refractivity contribution in [2.75, 3.05) is 25.6 Å². The van der Waals surface area contributed by atoms with Crippen LogP contribution in [0.3, 0.4) is 0 Å². The molecule has 0 atom stereocenters. The topological polar surface area (TPSA) is 121 Å². The van der Waals surface area contributed by atoms with Crippen molar-refractivity contribution in [3.63, 3.8) is 0 Å². The van der Waals surface area contributed by atoms with Crippen LogP contribution < -0.4 is 25.4 Å². The van der Waals surface area contributed by atoms with Crippen LogP contribution in [0.1, 0.15) is 61.1 Å². The van der Waals surface area contributed by atoms with Crippen LogP contribution >= 0.6 is 11.3 Å². The zero-order chi connectivity index (χ0) is 25.9. The summed E-state index contributed by atoms with van der Waals surface area (Å²) in [5, 5.41) is 12.4. The van der Waals surface area contributed by atoms with E-state index in [0.29, 0.717) is 47.4 Å². The van der Waals surface area contributed by atoms with Crippen molar-refractivity contribution in [3.8, 4) is 17.2 Å². The zero-order valence-electron chi connectivity index (χ0n) is 21.0. The average Bonchev–Trinajstić information content (AvgIpc) is 3.32. The maximum Gasteiger partial charge on any atom is 0.247 e. The van der Waals surface area contributed by atoms with Gasteiger partial charge in [0, 0.05) is 0 Å². The predicted molar refractivity (Wildman–Crippen MR) is 145 cm³/mol. The molecule has 1 aliphatic rings. The van der Waals surface area contributed by atoms with E-state index in [-0.39, 0.29) is 12.3 Å². The standard InChI is InChI=1S/C27H33N5O4S/c1-2-34-24-16-19(18-29-30-25(33)17-26-31-32-27(28)37-26)8-13-23(24)36-15-14-35-22-11-9-21(10-12-22)20-6-4-3-5-7-20/h8-13,16,18,20H,2-7,14-15,17H2,1H3,(H2,28,32)(H,30,33)/b29-18-. The molecule has 0 radical (unpaired) electrons. The number of ether oxygens (including phenoxy) is 3. The highest BCUT2D eigenvalue weighted by Gasteiger charge is 2.15. The second-order valence-corrected chi connectivity index (χ2v) is 9.84. The Bertz CT molecular complexity index is 1180. The van der Waals surface area contributed by atoms with Crippen molar-refractivity contribution in [2.24, 2.45) is 5.10 Å². The average molecular weight is 524 g/mol. The van der Waals surface area contributed by atoms with E-state index in [1.54, 1.807) is 6.21 Å². The van der Waals surface area contributed by atoms with Crippen LogP contribution in [0.4, 0.5) is 5.13 Å². The first-order valence-corrected chi connectivity index (χ1v) is 13.4. The second-order valence-electron chi connectivity index (χ2n) is 8.74. The molecule has 196 valence electrons. The maximum absolute atomic E-state index is 12.0. The van der Waals surface area contributed by atoms with Crippen molar-refractivity contribution in [1.29, 1.82) is 0 Å². The molecule has 3 aromatic rings. The number of rotatable bonds is 12. The number of nitrogens with zero attached hydrogens (tertiary/aromatic N) is 3. The second kappa shape index (κ2) is 13.6. The molecule has 1 aliphatic carbocycles. The number of hydrogen-bond acceptors (Lipinski definition) is 9. The van der Waals surface area contributed by atoms with E-state index in [9.17, 15) is 4.79 Å². The number of hydrogen-bond donors (Lipinski definition) is 2. The van der Waals surface area contributed by atoms with Gasteiger partial charge in [-0.05, 0) is 67.1 Å². The summed E-state index contributed by atoms with van der Waals surface area (Å²) < 4.78 is 17.5. The Balaban J connectivity index is 1.24. The van der Waals surface area contributed by atoms with Gasteiger partial charge in [0.25, 0.3) is 0 Å². The maximum atomic E-state index is 12.0. The molecule has 1 heterocycles. The van der Waals surface area contributed by atoms with Gasteiger partial charge in [-0.3, -0.25) is 4.79 Å². The lowest BCUT2D eigenvalue weighted by molar-refractivity contribution is -0.120. The molecule has 3 N–H and O–H groups in total. The fraction of sp³-hybridized carbons (Fsp3) is 0.407. The van der Waals surface area contributed by atoms with Gasteiger partial charge in [0.15, 0.2) is 11.5 Å². The van der Waals surface area contributed by atoms with Crippen LogP contribution in [0.2, 0.25) is 0 Å². The molecular weight excluding hydrogens is 490 g/mol. The SMILES string of the molecule is CCOc1cc(/C=N\NC(=O)Cc2nnc(N)s2)ccc1OCCOc1ccc(C2CCCCC2)cc1. The number of amides is 1. The number of nitrogen functional groups attached to an aromatic ring is 1. The summed E-state index contributed by atoms with van der Waals surface area (Å²) in [5.74, 6) is 2.44. The minimum Gasteiger partial charge on any atom is -0.490 e. The first-order chi connectivity index (χ1) is 18.1. The molecular formula is C27H33N5O4S. The van der Waals surface area contributed by atoms with Gasteiger partial charge < -0.3 is 19.9 Å². The van der Waals surface area contributed by atoms with Crippen molar-refractivity contribution < 1.29 is 19.0 Å². The highest BCUT2D eigenvalue weighted by molar-refractivity contribution is 7.15. The number of carbonyl (C=O) groups is 1. The molecule has 0 spiro atoms. The van der Waals surface area contributed by atoms with Crippen LogP contribution in [0.25, 0.3) is 0 Å². The Morgan fingerprint density at radius 1 is 1.05 bits per heavy atom. The lowest BCUT2D eigenvalue weighted by atomic mass is 9.84. The van der Waals surface area contributed by atoms with Crippen molar-refractivity contribution in [3.05, 3.63) is 58.6 Å². The van der Waals surface area contributed by atoms with Gasteiger partial charge in [0.1, 0.15) is 24.0 Å². The summed E-state index contributed by atoms with van der Waals surface area (Å²) in [6.45, 7) is 3.20. The molecule has 10 heteroatoms. The van der Waals surface area contributed by atoms with Crippen LogP contribution in [-0.2, 0) is 11.2 Å². The van der Waals surface area contributed by atoms with E-state index >= 15 is 0 Å². The van der Waals surface area contributed by atoms with Crippen molar-refractivity contribution in [1.82, 2.24) is 15.6 Å². The fourth-order valence-electron chi connectivity index (χ4n) is 4.27. The van der Waals surface area contributed by atoms with E-state index < -0.39 is 0 Å². The first-order valence-electron chi connectivity index (χ1n) is 12.6. The Labute approximate surface area is 221 Å². The third kappa shape index (κ3) is 8.18. The summed E-state index contributed by atoms with van der Waals surface area (Å²) in [5.41, 5.74) is 10.2. The molecule has 0 aliphatic heterocycles. The van der Waals surface area contributed by atoms with Crippen LogP contribution in [0, 0.1) is 0 Å². The van der Waals surface area contributed by atoms with Crippen LogP contribution in [0.15, 0.2) is 47.6 Å². The Hall–Kier alpha value is -3.66. The van der Waals surface area contributed by atoms with Crippen LogP contribution in [0.5, 0.6) is 17.2 Å². The number of carbonyl (C=O) groups excluding carboxylic acids is 1. The molecule has 2 aromatic carbocycles. The molecule has 1 saturated carbocycles. The van der Waals surface area contributed by atoms with E-state index in [4.69, 9.17) is 19.9 Å². The molecule has 0 bridgehead atoms. The van der Waals surface area contributed by atoms with Crippen LogP contribution in [-0.4, -0.2) is 42.1 Å². The zero-order valence-corrected chi connectivity index (χ0v) is 21.8. The highest BCUT2D eigenvalue weighted by atomic mass is 32.1. The normalized spacial score (nSPS) is 14.0. The summed E-state index contributed by atoms with van der Waals surface area (Å²) in [6.07, 6.45) is 8.20. The lowest BCUT2D eigenvalue weighted by Crippen LogP contribution is -2.19. The minimum absolute atomic E-state index is 0.0654. The van der Waals surface area contributed by atoms with Gasteiger partial charge in [-0.2, -0.15) is 5.10 Å². The van der Waals surface area contributed by atoms with E-state index in [1.165, 1.54) is 49.0 Å². The molecule has 9 nitrogen and oxygen atoms in total. The molecule has 1 fully saturated rings. The molecule has 1 amide bonds. The summed E-state index contributed by atoms with van der Waals surface area (Å²) in [7, 11) is 0. The Kier molecular flexibility index (Phi) is 9.70. The minimum atomic E-state index is -0.305. The third-order valence-corrected chi connectivity index (χ3v) is 6.78. The lowest BCUT2D eigenvalue weighted by Gasteiger charge is -2.22. The fourth-order valence-corrected chi connectivity index (χ4v) is 4.88. The first kappa shape index (κ1) is 26.4. The van der Waals surface area contributed by atoms with Crippen molar-refractivity contribution in [2.45, 2.75) is 51.4 Å². The Morgan fingerprint density at radius 3 is 2.57 bits per heavy atom. The highest BCUT2D eigenvalue weighted by Crippen LogP contribution is 2.33. The van der Waals surface area contributed by atoms with E-state index in [1.807, 2.05) is 37.3 Å². The molecule has 0 unspecified atom stereocenters. The van der Waals surface area contributed by atoms with Gasteiger partial charge in [-0.1, -0.05) is 42.7 Å². The van der Waals surface area contributed by atoms with Gasteiger partial charge in [-0.25, -0.2) is 5.43 Å². The number of nitrogens with one attached hydrogen (secondary N) is 1. The number of hydrazone groups is 1. The molecule has 4 rings (SSSR count). The summed E-state index contributed by atoms with van der Waals surface area (Å²) in [4.78, 5) is 12.0. The predicted octanol–water partition coefficient (Wildman–Crippen LogP) is 4.72. The number of benzene rings is 2. The number of aromatic nitrogens is 2. The molecule has 0 saturated heterocycles. The molecule has 37 heavy (non-hydrogen) atoms. The largest absolute Gasteiger partial charge is 0.490 e. The smallest absolute Gasteiger partial charge is 0.247 e. The number of nitrogens with two attached hydrogens (primary N) is 1. The summed E-state index contributed by atoms with van der Waals surface area (Å²) >= 11 is 1.17. The third-order valence-electron chi connectivity index (χ3n) is 6.03. The van der Waals surface area contributed by atoms with Crippen molar-refractivity contribution >= 4 is 28.6 Å². The van der Waals surface area contributed by atoms with Gasteiger partial charge >= 0.3 is 0 Å². The summed E-state index contributed by atoms with van der Waals surface area (Å²) in [6, 6.07) is 13.9. The van der Waals surface area contributed by atoms with E-state index in [2.05, 4.69) is 32.9 Å². The number of anilines is 1. The van der Waals surface area contributed by atoms with Gasteiger partial charge in [0.2, 0.25) is 11.0 Å². The van der Waals surface area contributed by atoms with Gasteiger partial charge in [-0.15, -0.1) is 10.2 Å². The van der Waals surface area contributed by atoms with Gasteiger partial charge in [0.05, 0.1) is 19.2 Å².